The average Bonchev–Trinajstić information content (AvgIpc) is 3.35. The number of hydrogen-bond acceptors (Lipinski definition) is 3. The number of hydrogen-bond donors (Lipinski definition) is 1. The topological polar surface area (TPSA) is 45.5 Å². The number of carbonyl (C=O) groups is 1. The average molecular weight is 370 g/mol. The molecule has 3 aromatic carbocycles. The third-order valence-electron chi connectivity index (χ3n) is 5.46. The molecule has 2 heterocycles. The van der Waals surface area contributed by atoms with Gasteiger partial charge in [-0.05, 0) is 61.8 Å². The molecule has 4 heteroatoms. The van der Waals surface area contributed by atoms with E-state index in [0.717, 1.165) is 34.2 Å². The zero-order valence-corrected chi connectivity index (χ0v) is 15.7. The van der Waals surface area contributed by atoms with E-state index >= 15 is 0 Å². The second kappa shape index (κ2) is 7.13. The van der Waals surface area contributed by atoms with Gasteiger partial charge in [0.25, 0.3) is 5.91 Å². The van der Waals surface area contributed by atoms with Crippen LogP contribution in [0.25, 0.3) is 21.9 Å². The second-order valence-electron chi connectivity index (χ2n) is 7.44. The number of benzene rings is 3. The highest BCUT2D eigenvalue weighted by Gasteiger charge is 2.13. The molecule has 4 nitrogen and oxygen atoms in total. The van der Waals surface area contributed by atoms with Gasteiger partial charge in [0.05, 0.1) is 0 Å². The van der Waals surface area contributed by atoms with Gasteiger partial charge in [-0.2, -0.15) is 0 Å². The molecule has 140 valence electrons. The van der Waals surface area contributed by atoms with Crippen LogP contribution in [0.5, 0.6) is 0 Å². The first-order valence-corrected chi connectivity index (χ1v) is 9.80. The van der Waals surface area contributed by atoms with Crippen molar-refractivity contribution in [3.8, 4) is 0 Å². The fourth-order valence-electron chi connectivity index (χ4n) is 3.97. The van der Waals surface area contributed by atoms with Gasteiger partial charge < -0.3 is 9.73 Å². The molecule has 1 aromatic heterocycles. The number of amides is 1. The van der Waals surface area contributed by atoms with E-state index in [1.165, 1.54) is 31.5 Å². The lowest BCUT2D eigenvalue weighted by atomic mass is 10.1. The molecular weight excluding hydrogens is 348 g/mol. The monoisotopic (exact) mass is 370 g/mol. The minimum atomic E-state index is -0.108. The summed E-state index contributed by atoms with van der Waals surface area (Å²) < 4.78 is 5.90. The maximum Gasteiger partial charge on any atom is 0.255 e. The Balaban J connectivity index is 1.32. The number of para-hydroxylation sites is 1. The van der Waals surface area contributed by atoms with Crippen LogP contribution in [0.3, 0.4) is 0 Å². The standard InChI is InChI=1S/C24H22N2O2/c27-24(18-9-7-17(8-10-18)16-26-13-3-4-14-26)25-19-11-12-21-20-5-1-2-6-22(20)28-23(21)15-19/h1-2,5-12,15H,3-4,13-14,16H2,(H,25,27). The predicted octanol–water partition coefficient (Wildman–Crippen LogP) is 5.43. The second-order valence-corrected chi connectivity index (χ2v) is 7.44. The van der Waals surface area contributed by atoms with Crippen molar-refractivity contribution in [2.24, 2.45) is 0 Å². The van der Waals surface area contributed by atoms with Gasteiger partial charge in [-0.3, -0.25) is 9.69 Å². The molecule has 0 radical (unpaired) electrons. The normalized spacial score (nSPS) is 14.7. The van der Waals surface area contributed by atoms with Crippen LogP contribution in [0.1, 0.15) is 28.8 Å². The van der Waals surface area contributed by atoms with Crippen LogP contribution >= 0.6 is 0 Å². The molecule has 1 amide bonds. The van der Waals surface area contributed by atoms with Crippen molar-refractivity contribution in [1.29, 1.82) is 0 Å². The summed E-state index contributed by atoms with van der Waals surface area (Å²) in [4.78, 5) is 15.1. The van der Waals surface area contributed by atoms with Crippen molar-refractivity contribution < 1.29 is 9.21 Å². The highest BCUT2D eigenvalue weighted by Crippen LogP contribution is 2.30. The highest BCUT2D eigenvalue weighted by molar-refractivity contribution is 6.08. The summed E-state index contributed by atoms with van der Waals surface area (Å²) in [5, 5.41) is 5.12. The third-order valence-corrected chi connectivity index (χ3v) is 5.46. The van der Waals surface area contributed by atoms with Gasteiger partial charge in [-0.1, -0.05) is 30.3 Å². The van der Waals surface area contributed by atoms with Crippen molar-refractivity contribution in [1.82, 2.24) is 4.90 Å². The zero-order chi connectivity index (χ0) is 18.9. The number of nitrogens with one attached hydrogen (secondary N) is 1. The Kier molecular flexibility index (Phi) is 4.34. The number of carbonyl (C=O) groups excluding carboxylic acids is 1. The molecule has 0 saturated carbocycles. The van der Waals surface area contributed by atoms with Gasteiger partial charge in [0.15, 0.2) is 0 Å². The van der Waals surface area contributed by atoms with E-state index in [1.807, 2.05) is 54.6 Å². The summed E-state index contributed by atoms with van der Waals surface area (Å²) in [5.41, 5.74) is 4.28. The van der Waals surface area contributed by atoms with Crippen molar-refractivity contribution >= 4 is 33.5 Å². The SMILES string of the molecule is O=C(Nc1ccc2c(c1)oc1ccccc12)c1ccc(CN2CCCC2)cc1. The van der Waals surface area contributed by atoms with Crippen LogP contribution in [-0.2, 0) is 6.54 Å². The third kappa shape index (κ3) is 3.27. The fraction of sp³-hybridized carbons (Fsp3) is 0.208. The molecular formula is C24H22N2O2. The summed E-state index contributed by atoms with van der Waals surface area (Å²) in [6.45, 7) is 3.31. The largest absolute Gasteiger partial charge is 0.456 e. The predicted molar refractivity (Wildman–Crippen MR) is 113 cm³/mol. The Morgan fingerprint density at radius 1 is 0.893 bits per heavy atom. The molecule has 0 unspecified atom stereocenters. The Hall–Kier alpha value is -3.11. The van der Waals surface area contributed by atoms with E-state index in [9.17, 15) is 4.79 Å². The molecule has 0 atom stereocenters. The molecule has 0 spiro atoms. The lowest BCUT2D eigenvalue weighted by molar-refractivity contribution is 0.102. The van der Waals surface area contributed by atoms with E-state index < -0.39 is 0 Å². The first-order valence-electron chi connectivity index (χ1n) is 9.80. The zero-order valence-electron chi connectivity index (χ0n) is 15.7. The maximum absolute atomic E-state index is 12.6. The summed E-state index contributed by atoms with van der Waals surface area (Å²) in [5.74, 6) is -0.108. The molecule has 0 aliphatic carbocycles. The van der Waals surface area contributed by atoms with Gasteiger partial charge in [-0.25, -0.2) is 0 Å². The molecule has 1 N–H and O–H groups in total. The molecule has 1 saturated heterocycles. The molecule has 5 rings (SSSR count). The van der Waals surface area contributed by atoms with Gasteiger partial charge in [-0.15, -0.1) is 0 Å². The van der Waals surface area contributed by atoms with Crippen LogP contribution in [-0.4, -0.2) is 23.9 Å². The van der Waals surface area contributed by atoms with E-state index in [0.29, 0.717) is 5.56 Å². The summed E-state index contributed by atoms with van der Waals surface area (Å²) in [6.07, 6.45) is 2.58. The number of rotatable bonds is 4. The van der Waals surface area contributed by atoms with Crippen molar-refractivity contribution in [3.63, 3.8) is 0 Å². The highest BCUT2D eigenvalue weighted by atomic mass is 16.3. The van der Waals surface area contributed by atoms with Crippen LogP contribution in [0.15, 0.2) is 71.1 Å². The lowest BCUT2D eigenvalue weighted by Gasteiger charge is -2.14. The maximum atomic E-state index is 12.6. The van der Waals surface area contributed by atoms with Gasteiger partial charge >= 0.3 is 0 Å². The van der Waals surface area contributed by atoms with E-state index in [4.69, 9.17) is 4.42 Å². The van der Waals surface area contributed by atoms with Crippen LogP contribution in [0, 0.1) is 0 Å². The minimum absolute atomic E-state index is 0.108. The number of fused-ring (bicyclic) bond motifs is 3. The van der Waals surface area contributed by atoms with Crippen LogP contribution < -0.4 is 5.32 Å². The molecule has 28 heavy (non-hydrogen) atoms. The smallest absolute Gasteiger partial charge is 0.255 e. The van der Waals surface area contributed by atoms with Crippen molar-refractivity contribution in [2.45, 2.75) is 19.4 Å². The number of furan rings is 1. The molecule has 1 aliphatic heterocycles. The molecule has 1 aliphatic rings. The van der Waals surface area contributed by atoms with Crippen molar-refractivity contribution in [3.05, 3.63) is 77.9 Å². The first-order chi connectivity index (χ1) is 13.8. The number of nitrogens with zero attached hydrogens (tertiary/aromatic N) is 1. The summed E-state index contributed by atoms with van der Waals surface area (Å²) in [7, 11) is 0. The number of likely N-dealkylation sites (tertiary alicyclic amines) is 1. The Bertz CT molecular complexity index is 1140. The Labute approximate surface area is 163 Å². The van der Waals surface area contributed by atoms with E-state index in [2.05, 4.69) is 22.3 Å². The fourth-order valence-corrected chi connectivity index (χ4v) is 3.97. The molecule has 1 fully saturated rings. The molecule has 4 aromatic rings. The first kappa shape index (κ1) is 17.0. The minimum Gasteiger partial charge on any atom is -0.456 e. The molecule has 0 bridgehead atoms. The quantitative estimate of drug-likeness (QED) is 0.521. The van der Waals surface area contributed by atoms with E-state index in [-0.39, 0.29) is 5.91 Å². The summed E-state index contributed by atoms with van der Waals surface area (Å²) in [6, 6.07) is 21.7. The lowest BCUT2D eigenvalue weighted by Crippen LogP contribution is -2.18. The van der Waals surface area contributed by atoms with E-state index in [1.54, 1.807) is 0 Å². The summed E-state index contributed by atoms with van der Waals surface area (Å²) >= 11 is 0. The Morgan fingerprint density at radius 3 is 2.46 bits per heavy atom. The van der Waals surface area contributed by atoms with Crippen LogP contribution in [0.2, 0.25) is 0 Å². The van der Waals surface area contributed by atoms with Gasteiger partial charge in [0.2, 0.25) is 0 Å². The van der Waals surface area contributed by atoms with Crippen molar-refractivity contribution in [2.75, 3.05) is 18.4 Å². The van der Waals surface area contributed by atoms with Crippen LogP contribution in [0.4, 0.5) is 5.69 Å². The van der Waals surface area contributed by atoms with Gasteiger partial charge in [0.1, 0.15) is 11.2 Å². The van der Waals surface area contributed by atoms with Gasteiger partial charge in [0, 0.05) is 34.6 Å². The Morgan fingerprint density at radius 2 is 1.64 bits per heavy atom. The number of anilines is 1.